The van der Waals surface area contributed by atoms with E-state index in [1.54, 1.807) is 36.7 Å². The lowest BCUT2D eigenvalue weighted by Crippen LogP contribution is -2.43. The highest BCUT2D eigenvalue weighted by Gasteiger charge is 2.25. The number of carbonyl (C=O) groups is 2. The van der Waals surface area contributed by atoms with Gasteiger partial charge in [0.05, 0.1) is 36.8 Å². The Morgan fingerprint density at radius 2 is 1.79 bits per heavy atom. The highest BCUT2D eigenvalue weighted by molar-refractivity contribution is 5.94. The van der Waals surface area contributed by atoms with Crippen LogP contribution in [0.25, 0.3) is 0 Å². The standard InChI is InChI=1S/C19H27N3O6/c1-3-26-11-16(19(24)22-25)9-17(12-28-13-27-4-2)21-18(23)15-7-5-14(10-20)6-8-15/h5-8,16-17,25H,3-4,9,11-13H2,1-2H3,(H,21,23)(H,22,24). The van der Waals surface area contributed by atoms with Crippen LogP contribution in [0, 0.1) is 17.2 Å². The lowest BCUT2D eigenvalue weighted by molar-refractivity contribution is -0.136. The minimum absolute atomic E-state index is 0.0576. The number of nitrogens with one attached hydrogen (secondary N) is 2. The van der Waals surface area contributed by atoms with Crippen molar-refractivity contribution in [2.45, 2.75) is 26.3 Å². The van der Waals surface area contributed by atoms with Gasteiger partial charge < -0.3 is 19.5 Å². The van der Waals surface area contributed by atoms with Crippen molar-refractivity contribution in [1.82, 2.24) is 10.8 Å². The second-order valence-electron chi connectivity index (χ2n) is 5.91. The molecular weight excluding hydrogens is 366 g/mol. The van der Waals surface area contributed by atoms with Gasteiger partial charge in [0, 0.05) is 18.8 Å². The molecule has 2 amide bonds. The third-order valence-corrected chi connectivity index (χ3v) is 3.87. The normalized spacial score (nSPS) is 12.6. The Balaban J connectivity index is 2.81. The van der Waals surface area contributed by atoms with Crippen LogP contribution in [-0.2, 0) is 19.0 Å². The average Bonchev–Trinajstić information content (AvgIpc) is 2.73. The van der Waals surface area contributed by atoms with Crippen LogP contribution in [0.5, 0.6) is 0 Å². The van der Waals surface area contributed by atoms with Crippen molar-refractivity contribution in [3.05, 3.63) is 35.4 Å². The van der Waals surface area contributed by atoms with E-state index in [1.807, 2.05) is 13.0 Å². The van der Waals surface area contributed by atoms with Crippen LogP contribution in [0.2, 0.25) is 0 Å². The number of nitriles is 1. The number of benzene rings is 1. The summed E-state index contributed by atoms with van der Waals surface area (Å²) in [5, 5.41) is 20.6. The molecule has 3 N–H and O–H groups in total. The molecule has 28 heavy (non-hydrogen) atoms. The first-order valence-electron chi connectivity index (χ1n) is 9.03. The van der Waals surface area contributed by atoms with Gasteiger partial charge in [-0.25, -0.2) is 5.48 Å². The third-order valence-electron chi connectivity index (χ3n) is 3.87. The average molecular weight is 393 g/mol. The van der Waals surface area contributed by atoms with Crippen LogP contribution < -0.4 is 10.8 Å². The fourth-order valence-electron chi connectivity index (χ4n) is 2.41. The molecule has 0 radical (unpaired) electrons. The molecule has 154 valence electrons. The van der Waals surface area contributed by atoms with Crippen molar-refractivity contribution >= 4 is 11.8 Å². The van der Waals surface area contributed by atoms with Crippen molar-refractivity contribution < 1.29 is 29.0 Å². The number of nitrogens with zero attached hydrogens (tertiary/aromatic N) is 1. The number of ether oxygens (including phenoxy) is 3. The molecule has 9 heteroatoms. The summed E-state index contributed by atoms with van der Waals surface area (Å²) in [6.45, 7) is 4.80. The summed E-state index contributed by atoms with van der Waals surface area (Å²) < 4.78 is 15.8. The zero-order valence-electron chi connectivity index (χ0n) is 16.1. The molecule has 1 aromatic rings. The van der Waals surface area contributed by atoms with Gasteiger partial charge in [0.2, 0.25) is 5.91 Å². The van der Waals surface area contributed by atoms with Crippen LogP contribution in [0.15, 0.2) is 24.3 Å². The van der Waals surface area contributed by atoms with Gasteiger partial charge in [-0.15, -0.1) is 0 Å². The molecule has 0 aliphatic carbocycles. The third kappa shape index (κ3) is 8.45. The Hall–Kier alpha value is -2.51. The lowest BCUT2D eigenvalue weighted by atomic mass is 9.99. The van der Waals surface area contributed by atoms with Crippen LogP contribution in [-0.4, -0.2) is 56.3 Å². The van der Waals surface area contributed by atoms with Crippen molar-refractivity contribution in [1.29, 1.82) is 5.26 Å². The summed E-state index contributed by atoms with van der Waals surface area (Å²) in [4.78, 5) is 24.4. The van der Waals surface area contributed by atoms with Gasteiger partial charge in [0.15, 0.2) is 0 Å². The molecule has 0 bridgehead atoms. The first kappa shape index (κ1) is 23.5. The van der Waals surface area contributed by atoms with Crippen LogP contribution in [0.1, 0.15) is 36.2 Å². The zero-order chi connectivity index (χ0) is 20.8. The first-order chi connectivity index (χ1) is 13.5. The molecule has 0 aliphatic rings. The zero-order valence-corrected chi connectivity index (χ0v) is 16.1. The Bertz CT molecular complexity index is 644. The maximum atomic E-state index is 12.5. The van der Waals surface area contributed by atoms with E-state index in [0.717, 1.165) is 0 Å². The van der Waals surface area contributed by atoms with E-state index in [1.165, 1.54) is 0 Å². The van der Waals surface area contributed by atoms with Gasteiger partial charge in [-0.3, -0.25) is 14.8 Å². The number of rotatable bonds is 13. The molecule has 1 aromatic carbocycles. The molecule has 0 fully saturated rings. The summed E-state index contributed by atoms with van der Waals surface area (Å²) in [5.41, 5.74) is 2.45. The molecule has 0 saturated carbocycles. The maximum absolute atomic E-state index is 12.5. The monoisotopic (exact) mass is 393 g/mol. The number of carbonyl (C=O) groups excluding carboxylic acids is 2. The van der Waals surface area contributed by atoms with E-state index in [9.17, 15) is 9.59 Å². The topological polar surface area (TPSA) is 130 Å². The SMILES string of the molecule is CCOCOCC(CC(COCC)C(=O)NO)NC(=O)c1ccc(C#N)cc1. The van der Waals surface area contributed by atoms with E-state index >= 15 is 0 Å². The molecule has 0 spiro atoms. The van der Waals surface area contributed by atoms with Gasteiger partial charge in [0.1, 0.15) is 6.79 Å². The predicted octanol–water partition coefficient (Wildman–Crippen LogP) is 1.22. The lowest BCUT2D eigenvalue weighted by Gasteiger charge is -2.23. The Morgan fingerprint density at radius 3 is 2.36 bits per heavy atom. The minimum atomic E-state index is -0.674. The van der Waals surface area contributed by atoms with E-state index in [0.29, 0.717) is 24.3 Å². The van der Waals surface area contributed by atoms with Crippen molar-refractivity contribution in [3.8, 4) is 6.07 Å². The molecule has 0 aromatic heterocycles. The van der Waals surface area contributed by atoms with Gasteiger partial charge >= 0.3 is 0 Å². The molecular formula is C19H27N3O6. The number of amides is 2. The van der Waals surface area contributed by atoms with Crippen molar-refractivity contribution in [2.24, 2.45) is 5.92 Å². The maximum Gasteiger partial charge on any atom is 0.251 e. The van der Waals surface area contributed by atoms with E-state index in [4.69, 9.17) is 24.7 Å². The number of hydrogen-bond acceptors (Lipinski definition) is 7. The smallest absolute Gasteiger partial charge is 0.251 e. The van der Waals surface area contributed by atoms with E-state index in [2.05, 4.69) is 5.32 Å². The van der Waals surface area contributed by atoms with Crippen LogP contribution >= 0.6 is 0 Å². The number of hydrogen-bond donors (Lipinski definition) is 3. The van der Waals surface area contributed by atoms with Crippen LogP contribution in [0.4, 0.5) is 0 Å². The van der Waals surface area contributed by atoms with Gasteiger partial charge in [-0.05, 0) is 44.5 Å². The van der Waals surface area contributed by atoms with Crippen LogP contribution in [0.3, 0.4) is 0 Å². The quantitative estimate of drug-likeness (QED) is 0.199. The summed E-state index contributed by atoms with van der Waals surface area (Å²) in [6.07, 6.45) is 0.195. The highest BCUT2D eigenvalue weighted by Crippen LogP contribution is 2.11. The molecule has 0 saturated heterocycles. The van der Waals surface area contributed by atoms with Crippen molar-refractivity contribution in [3.63, 3.8) is 0 Å². The van der Waals surface area contributed by atoms with Gasteiger partial charge in [-0.2, -0.15) is 5.26 Å². The predicted molar refractivity (Wildman–Crippen MR) is 99.4 cm³/mol. The summed E-state index contributed by atoms with van der Waals surface area (Å²) >= 11 is 0. The molecule has 1 rings (SSSR count). The minimum Gasteiger partial charge on any atom is -0.381 e. The number of hydroxylamine groups is 1. The second kappa shape index (κ2) is 13.6. The largest absolute Gasteiger partial charge is 0.381 e. The molecule has 2 atom stereocenters. The molecule has 2 unspecified atom stereocenters. The first-order valence-corrected chi connectivity index (χ1v) is 9.03. The van der Waals surface area contributed by atoms with Gasteiger partial charge in [-0.1, -0.05) is 0 Å². The van der Waals surface area contributed by atoms with E-state index in [-0.39, 0.29) is 32.3 Å². The van der Waals surface area contributed by atoms with Gasteiger partial charge in [0.25, 0.3) is 5.91 Å². The fourth-order valence-corrected chi connectivity index (χ4v) is 2.41. The molecule has 0 aliphatic heterocycles. The van der Waals surface area contributed by atoms with Crippen molar-refractivity contribution in [2.75, 3.05) is 33.2 Å². The molecule has 0 heterocycles. The highest BCUT2D eigenvalue weighted by atomic mass is 16.7. The van der Waals surface area contributed by atoms with E-state index < -0.39 is 17.9 Å². The Kier molecular flexibility index (Phi) is 11.5. The summed E-state index contributed by atoms with van der Waals surface area (Å²) in [6, 6.07) is 7.66. The molecule has 9 nitrogen and oxygen atoms in total. The summed E-state index contributed by atoms with van der Waals surface area (Å²) in [5.74, 6) is -1.64. The second-order valence-corrected chi connectivity index (χ2v) is 5.91. The summed E-state index contributed by atoms with van der Waals surface area (Å²) in [7, 11) is 0. The Morgan fingerprint density at radius 1 is 1.11 bits per heavy atom. The fraction of sp³-hybridized carbons (Fsp3) is 0.526. The Labute approximate surface area is 164 Å².